The minimum absolute atomic E-state index is 0.628. The fraction of sp³-hybridized carbons (Fsp3) is 0.867. The Morgan fingerprint density at radius 2 is 2.17 bits per heavy atom. The molecule has 1 aliphatic heterocycles. The van der Waals surface area contributed by atoms with Gasteiger partial charge in [-0.25, -0.2) is 0 Å². The van der Waals surface area contributed by atoms with Crippen LogP contribution in [0.1, 0.15) is 46.5 Å². The molecule has 2 rings (SSSR count). The first-order valence-electron chi connectivity index (χ1n) is 7.41. The maximum absolute atomic E-state index is 3.75. The lowest BCUT2D eigenvalue weighted by Crippen LogP contribution is -2.44. The molecule has 1 fully saturated rings. The van der Waals surface area contributed by atoms with E-state index >= 15 is 0 Å². The summed E-state index contributed by atoms with van der Waals surface area (Å²) in [5, 5.41) is 6.13. The first kappa shape index (κ1) is 14.8. The number of rotatable bonds is 4. The molecule has 4 atom stereocenters. The van der Waals surface area contributed by atoms with Gasteiger partial charge in [-0.1, -0.05) is 32.4 Å². The second-order valence-corrected chi connectivity index (χ2v) is 8.51. The first-order valence-corrected chi connectivity index (χ1v) is 9.41. The lowest BCUT2D eigenvalue weighted by atomic mass is 9.92. The number of likely N-dealkylation sites (N-methyl/N-ethyl adjacent to an activating group) is 1. The Labute approximate surface area is 121 Å². The number of hydrogen-bond acceptors (Lipinski definition) is 3. The molecular formula is C15H27NS2. The van der Waals surface area contributed by atoms with Gasteiger partial charge in [-0.2, -0.15) is 23.5 Å². The molecule has 1 N–H and O–H groups in total. The molecule has 0 radical (unpaired) electrons. The van der Waals surface area contributed by atoms with Gasteiger partial charge in [0.1, 0.15) is 0 Å². The highest BCUT2D eigenvalue weighted by Gasteiger charge is 2.32. The smallest absolute Gasteiger partial charge is 0.0407 e. The van der Waals surface area contributed by atoms with E-state index in [1.54, 1.807) is 5.57 Å². The van der Waals surface area contributed by atoms with Crippen LogP contribution >= 0.6 is 23.5 Å². The van der Waals surface area contributed by atoms with Crippen LogP contribution in [-0.4, -0.2) is 34.1 Å². The molecule has 4 unspecified atom stereocenters. The van der Waals surface area contributed by atoms with Crippen molar-refractivity contribution in [2.24, 2.45) is 0 Å². The van der Waals surface area contributed by atoms with Gasteiger partial charge in [0.25, 0.3) is 0 Å². The van der Waals surface area contributed by atoms with Crippen molar-refractivity contribution in [3.63, 3.8) is 0 Å². The largest absolute Gasteiger partial charge is 0.310 e. The molecule has 1 heterocycles. The summed E-state index contributed by atoms with van der Waals surface area (Å²) >= 11 is 4.38. The second kappa shape index (κ2) is 7.25. The van der Waals surface area contributed by atoms with E-state index in [-0.39, 0.29) is 0 Å². The third-order valence-electron chi connectivity index (χ3n) is 4.10. The third-order valence-corrected chi connectivity index (χ3v) is 7.59. The number of allylic oxidation sites excluding steroid dienone is 1. The lowest BCUT2D eigenvalue weighted by Gasteiger charge is -2.38. The summed E-state index contributed by atoms with van der Waals surface area (Å²) in [6.45, 7) is 8.10. The molecule has 0 saturated carbocycles. The van der Waals surface area contributed by atoms with Crippen LogP contribution in [0.4, 0.5) is 0 Å². The summed E-state index contributed by atoms with van der Waals surface area (Å²) in [7, 11) is 0. The van der Waals surface area contributed by atoms with E-state index in [0.717, 1.165) is 22.3 Å². The zero-order chi connectivity index (χ0) is 13.0. The van der Waals surface area contributed by atoms with E-state index < -0.39 is 0 Å². The molecule has 3 heteroatoms. The van der Waals surface area contributed by atoms with Gasteiger partial charge >= 0.3 is 0 Å². The van der Waals surface area contributed by atoms with Crippen molar-refractivity contribution in [1.29, 1.82) is 0 Å². The zero-order valence-electron chi connectivity index (χ0n) is 11.9. The van der Waals surface area contributed by atoms with E-state index in [9.17, 15) is 0 Å². The van der Waals surface area contributed by atoms with Crippen LogP contribution in [0.2, 0.25) is 0 Å². The fourth-order valence-corrected chi connectivity index (χ4v) is 5.98. The minimum atomic E-state index is 0.628. The van der Waals surface area contributed by atoms with Crippen molar-refractivity contribution in [2.45, 2.75) is 68.2 Å². The van der Waals surface area contributed by atoms with Crippen LogP contribution in [0, 0.1) is 0 Å². The van der Waals surface area contributed by atoms with Gasteiger partial charge < -0.3 is 5.32 Å². The van der Waals surface area contributed by atoms with E-state index in [2.05, 4.69) is 55.7 Å². The van der Waals surface area contributed by atoms with Gasteiger partial charge in [0.15, 0.2) is 0 Å². The average Bonchev–Trinajstić information content (AvgIpc) is 2.40. The van der Waals surface area contributed by atoms with Crippen molar-refractivity contribution < 1.29 is 0 Å². The normalized spacial score (nSPS) is 35.1. The van der Waals surface area contributed by atoms with Crippen LogP contribution < -0.4 is 5.32 Å². The molecule has 0 aromatic heterocycles. The van der Waals surface area contributed by atoms with Gasteiger partial charge in [-0.15, -0.1) is 0 Å². The summed E-state index contributed by atoms with van der Waals surface area (Å²) in [6, 6.07) is 0.628. The molecule has 0 spiro atoms. The SMILES string of the molecule is CCNC(C1=CCCCC1)C1CSC(C)C(C)S1. The predicted molar refractivity (Wildman–Crippen MR) is 86.8 cm³/mol. The number of nitrogens with one attached hydrogen (secondary N) is 1. The maximum atomic E-state index is 3.75. The summed E-state index contributed by atoms with van der Waals surface area (Å²) in [4.78, 5) is 0. The van der Waals surface area contributed by atoms with Crippen LogP contribution in [0.5, 0.6) is 0 Å². The molecule has 104 valence electrons. The van der Waals surface area contributed by atoms with Crippen LogP contribution in [0.25, 0.3) is 0 Å². The molecule has 0 amide bonds. The van der Waals surface area contributed by atoms with Crippen LogP contribution in [-0.2, 0) is 0 Å². The van der Waals surface area contributed by atoms with E-state index in [1.165, 1.54) is 31.4 Å². The molecule has 0 aromatic rings. The molecule has 1 aliphatic carbocycles. The third kappa shape index (κ3) is 3.71. The zero-order valence-corrected chi connectivity index (χ0v) is 13.6. The molecule has 0 bridgehead atoms. The van der Waals surface area contributed by atoms with Crippen LogP contribution in [0.15, 0.2) is 11.6 Å². The fourth-order valence-electron chi connectivity index (χ4n) is 2.85. The Morgan fingerprint density at radius 1 is 1.33 bits per heavy atom. The lowest BCUT2D eigenvalue weighted by molar-refractivity contribution is 0.540. The Kier molecular flexibility index (Phi) is 5.96. The highest BCUT2D eigenvalue weighted by molar-refractivity contribution is 8.07. The quantitative estimate of drug-likeness (QED) is 0.781. The highest BCUT2D eigenvalue weighted by Crippen LogP contribution is 2.39. The van der Waals surface area contributed by atoms with Gasteiger partial charge in [-0.3, -0.25) is 0 Å². The van der Waals surface area contributed by atoms with E-state index in [4.69, 9.17) is 0 Å². The first-order chi connectivity index (χ1) is 8.72. The van der Waals surface area contributed by atoms with E-state index in [0.29, 0.717) is 6.04 Å². The Morgan fingerprint density at radius 3 is 2.78 bits per heavy atom. The van der Waals surface area contributed by atoms with Crippen molar-refractivity contribution >= 4 is 23.5 Å². The van der Waals surface area contributed by atoms with E-state index in [1.807, 2.05) is 0 Å². The topological polar surface area (TPSA) is 12.0 Å². The Bertz CT molecular complexity index is 290. The number of hydrogen-bond donors (Lipinski definition) is 1. The predicted octanol–water partition coefficient (Wildman–Crippen LogP) is 4.09. The summed E-state index contributed by atoms with van der Waals surface area (Å²) < 4.78 is 0. The van der Waals surface area contributed by atoms with Crippen molar-refractivity contribution in [2.75, 3.05) is 12.3 Å². The van der Waals surface area contributed by atoms with Gasteiger partial charge in [0.05, 0.1) is 0 Å². The van der Waals surface area contributed by atoms with Crippen LogP contribution in [0.3, 0.4) is 0 Å². The average molecular weight is 286 g/mol. The molecular weight excluding hydrogens is 258 g/mol. The molecule has 0 aromatic carbocycles. The molecule has 18 heavy (non-hydrogen) atoms. The van der Waals surface area contributed by atoms with Crippen molar-refractivity contribution in [1.82, 2.24) is 5.32 Å². The molecule has 1 saturated heterocycles. The van der Waals surface area contributed by atoms with Crippen molar-refractivity contribution in [3.05, 3.63) is 11.6 Å². The maximum Gasteiger partial charge on any atom is 0.0407 e. The van der Waals surface area contributed by atoms with Gasteiger partial charge in [0.2, 0.25) is 0 Å². The summed E-state index contributed by atoms with van der Waals surface area (Å²) in [5.74, 6) is 1.31. The Balaban J connectivity index is 2.02. The monoisotopic (exact) mass is 285 g/mol. The molecule has 1 nitrogen and oxygen atoms in total. The highest BCUT2D eigenvalue weighted by atomic mass is 32.2. The Hall–Kier alpha value is 0.400. The molecule has 2 aliphatic rings. The van der Waals surface area contributed by atoms with Gasteiger partial charge in [0, 0.05) is 27.5 Å². The number of thioether (sulfide) groups is 2. The summed E-state index contributed by atoms with van der Waals surface area (Å²) in [5.41, 5.74) is 1.70. The van der Waals surface area contributed by atoms with Crippen molar-refractivity contribution in [3.8, 4) is 0 Å². The standard InChI is InChI=1S/C15H27NS2/c1-4-16-15(13-8-6-5-7-9-13)14-10-17-11(2)12(3)18-14/h8,11-12,14-16H,4-7,9-10H2,1-3H3. The van der Waals surface area contributed by atoms with Gasteiger partial charge in [-0.05, 0) is 32.2 Å². The second-order valence-electron chi connectivity index (χ2n) is 5.48. The summed E-state index contributed by atoms with van der Waals surface area (Å²) in [6.07, 6.45) is 7.92. The minimum Gasteiger partial charge on any atom is -0.310 e.